The van der Waals surface area contributed by atoms with Crippen molar-refractivity contribution in [2.75, 3.05) is 6.61 Å². The molecule has 1 rings (SSSR count). The van der Waals surface area contributed by atoms with Crippen molar-refractivity contribution in [2.45, 2.75) is 6.61 Å². The number of aliphatic hydroxyl groups is 1. The number of halogens is 2. The number of aliphatic hydroxyl groups excluding tert-OH is 1. The zero-order valence-corrected chi connectivity index (χ0v) is 8.98. The Bertz CT molecular complexity index is 337. The lowest BCUT2D eigenvalue weighted by Crippen LogP contribution is -1.97. The minimum atomic E-state index is -0.0395. The molecule has 0 aliphatic carbocycles. The molecule has 1 aromatic carbocycles. The third-order valence-corrected chi connectivity index (χ3v) is 1.97. The zero-order chi connectivity index (χ0) is 10.6. The molecular weight excluding hydrogens is 223 g/mol. The van der Waals surface area contributed by atoms with Crippen LogP contribution in [0.25, 0.3) is 0 Å². The molecule has 0 amide bonds. The van der Waals surface area contributed by atoms with E-state index in [1.54, 1.807) is 18.2 Å². The van der Waals surface area contributed by atoms with Crippen LogP contribution in [0.3, 0.4) is 0 Å². The largest absolute Gasteiger partial charge is 0.486 e. The van der Waals surface area contributed by atoms with E-state index in [1.165, 1.54) is 0 Å². The molecule has 0 heterocycles. The third-order valence-electron chi connectivity index (χ3n) is 1.56. The van der Waals surface area contributed by atoms with Gasteiger partial charge in [0.1, 0.15) is 12.4 Å². The van der Waals surface area contributed by atoms with Gasteiger partial charge >= 0.3 is 0 Å². The summed E-state index contributed by atoms with van der Waals surface area (Å²) >= 11 is 11.4. The molecule has 0 bridgehead atoms. The fraction of sp³-hybridized carbons (Fsp3) is 0.200. The molecule has 1 N–H and O–H groups in total. The highest BCUT2D eigenvalue weighted by molar-refractivity contribution is 6.32. The average Bonchev–Trinajstić information content (AvgIpc) is 2.15. The van der Waals surface area contributed by atoms with E-state index in [4.69, 9.17) is 33.0 Å². The lowest BCUT2D eigenvalue weighted by Gasteiger charge is -2.07. The third kappa shape index (κ3) is 3.22. The Morgan fingerprint density at radius 3 is 2.71 bits per heavy atom. The molecule has 0 spiro atoms. The van der Waals surface area contributed by atoms with Crippen molar-refractivity contribution in [1.29, 1.82) is 0 Å². The van der Waals surface area contributed by atoms with E-state index in [9.17, 15) is 0 Å². The lowest BCUT2D eigenvalue weighted by molar-refractivity contribution is 0.281. The first kappa shape index (κ1) is 11.4. The maximum atomic E-state index is 8.84. The topological polar surface area (TPSA) is 29.5 Å². The molecular formula is C10H10Cl2O2. The number of benzene rings is 1. The molecule has 76 valence electrons. The smallest absolute Gasteiger partial charge is 0.138 e. The van der Waals surface area contributed by atoms with Gasteiger partial charge in [0, 0.05) is 5.03 Å². The summed E-state index contributed by atoms with van der Waals surface area (Å²) in [6.45, 7) is 3.67. The van der Waals surface area contributed by atoms with Crippen molar-refractivity contribution in [3.05, 3.63) is 40.4 Å². The maximum Gasteiger partial charge on any atom is 0.138 e. The van der Waals surface area contributed by atoms with Crippen molar-refractivity contribution in [3.8, 4) is 5.75 Å². The second-order valence-electron chi connectivity index (χ2n) is 2.73. The SMILES string of the molecule is C=C(Cl)COc1ccc(CO)cc1Cl. The summed E-state index contributed by atoms with van der Waals surface area (Å²) in [4.78, 5) is 0. The highest BCUT2D eigenvalue weighted by Gasteiger charge is 2.02. The van der Waals surface area contributed by atoms with Crippen LogP contribution in [0.4, 0.5) is 0 Å². The van der Waals surface area contributed by atoms with E-state index in [2.05, 4.69) is 6.58 Å². The molecule has 2 nitrogen and oxygen atoms in total. The predicted octanol–water partition coefficient (Wildman–Crippen LogP) is 2.96. The second-order valence-corrected chi connectivity index (χ2v) is 3.67. The zero-order valence-electron chi connectivity index (χ0n) is 7.46. The van der Waals surface area contributed by atoms with E-state index < -0.39 is 0 Å². The highest BCUT2D eigenvalue weighted by Crippen LogP contribution is 2.25. The molecule has 0 unspecified atom stereocenters. The summed E-state index contributed by atoms with van der Waals surface area (Å²) in [6.07, 6.45) is 0. The van der Waals surface area contributed by atoms with Gasteiger partial charge in [0.25, 0.3) is 0 Å². The van der Waals surface area contributed by atoms with E-state index in [0.29, 0.717) is 15.8 Å². The van der Waals surface area contributed by atoms with Gasteiger partial charge in [-0.25, -0.2) is 0 Å². The van der Waals surface area contributed by atoms with Gasteiger partial charge in [0.2, 0.25) is 0 Å². The van der Waals surface area contributed by atoms with Crippen LogP contribution in [-0.2, 0) is 6.61 Å². The summed E-state index contributed by atoms with van der Waals surface area (Å²) in [5, 5.41) is 9.70. The number of rotatable bonds is 4. The Balaban J connectivity index is 2.73. The molecule has 0 saturated heterocycles. The quantitative estimate of drug-likeness (QED) is 0.866. The summed E-state index contributed by atoms with van der Waals surface area (Å²) in [5.74, 6) is 0.533. The van der Waals surface area contributed by atoms with Crippen LogP contribution in [-0.4, -0.2) is 11.7 Å². The van der Waals surface area contributed by atoms with Gasteiger partial charge in [-0.05, 0) is 17.7 Å². The predicted molar refractivity (Wildman–Crippen MR) is 57.9 cm³/mol. The van der Waals surface area contributed by atoms with E-state index in [0.717, 1.165) is 5.56 Å². The van der Waals surface area contributed by atoms with Gasteiger partial charge in [-0.15, -0.1) is 0 Å². The molecule has 0 aromatic heterocycles. The van der Waals surface area contributed by atoms with Crippen molar-refractivity contribution in [1.82, 2.24) is 0 Å². The van der Waals surface area contributed by atoms with Crippen molar-refractivity contribution < 1.29 is 9.84 Å². The summed E-state index contributed by atoms with van der Waals surface area (Å²) < 4.78 is 5.25. The van der Waals surface area contributed by atoms with E-state index in [1.807, 2.05) is 0 Å². The maximum absolute atomic E-state index is 8.84. The van der Waals surface area contributed by atoms with Gasteiger partial charge in [-0.2, -0.15) is 0 Å². The first-order valence-electron chi connectivity index (χ1n) is 3.99. The van der Waals surface area contributed by atoms with Crippen LogP contribution >= 0.6 is 23.2 Å². The Morgan fingerprint density at radius 1 is 1.50 bits per heavy atom. The fourth-order valence-electron chi connectivity index (χ4n) is 0.916. The summed E-state index contributed by atoms with van der Waals surface area (Å²) in [7, 11) is 0. The Hall–Kier alpha value is -0.700. The second kappa shape index (κ2) is 5.25. The highest BCUT2D eigenvalue weighted by atomic mass is 35.5. The van der Waals surface area contributed by atoms with Gasteiger partial charge in [0.05, 0.1) is 11.6 Å². The van der Waals surface area contributed by atoms with Crippen LogP contribution in [0.2, 0.25) is 5.02 Å². The van der Waals surface area contributed by atoms with Gasteiger partial charge in [0.15, 0.2) is 0 Å². The normalized spacial score (nSPS) is 9.93. The van der Waals surface area contributed by atoms with Gasteiger partial charge < -0.3 is 9.84 Å². The van der Waals surface area contributed by atoms with Crippen LogP contribution in [0, 0.1) is 0 Å². The first-order valence-corrected chi connectivity index (χ1v) is 4.74. The molecule has 1 aromatic rings. The van der Waals surface area contributed by atoms with Crippen molar-refractivity contribution in [3.63, 3.8) is 0 Å². The molecule has 0 saturated carbocycles. The average molecular weight is 233 g/mol. The monoisotopic (exact) mass is 232 g/mol. The van der Waals surface area contributed by atoms with Gasteiger partial charge in [-0.3, -0.25) is 0 Å². The Morgan fingerprint density at radius 2 is 2.21 bits per heavy atom. The van der Waals surface area contributed by atoms with Crippen LogP contribution in [0.5, 0.6) is 5.75 Å². The minimum absolute atomic E-state index is 0.0395. The standard InChI is InChI=1S/C10H10Cl2O2/c1-7(11)6-14-10-3-2-8(5-13)4-9(10)12/h2-4,13H,1,5-6H2. The molecule has 0 aliphatic heterocycles. The van der Waals surface area contributed by atoms with Crippen LogP contribution in [0.15, 0.2) is 29.8 Å². The van der Waals surface area contributed by atoms with E-state index >= 15 is 0 Å². The molecule has 4 heteroatoms. The van der Waals surface area contributed by atoms with Gasteiger partial charge in [-0.1, -0.05) is 35.8 Å². The van der Waals surface area contributed by atoms with Crippen molar-refractivity contribution >= 4 is 23.2 Å². The molecule has 0 atom stereocenters. The summed E-state index contributed by atoms with van der Waals surface area (Å²) in [5.41, 5.74) is 0.743. The fourth-order valence-corrected chi connectivity index (χ4v) is 1.23. The van der Waals surface area contributed by atoms with Crippen molar-refractivity contribution in [2.24, 2.45) is 0 Å². The van der Waals surface area contributed by atoms with Crippen LogP contribution < -0.4 is 4.74 Å². The lowest BCUT2D eigenvalue weighted by atomic mass is 10.2. The molecule has 0 radical (unpaired) electrons. The molecule has 0 aliphatic rings. The number of ether oxygens (including phenoxy) is 1. The molecule has 0 fully saturated rings. The Kier molecular flexibility index (Phi) is 4.26. The summed E-state index contributed by atoms with van der Waals surface area (Å²) in [6, 6.07) is 5.07. The Labute approximate surface area is 92.7 Å². The first-order chi connectivity index (χ1) is 6.63. The number of hydrogen-bond acceptors (Lipinski definition) is 2. The van der Waals surface area contributed by atoms with Crippen LogP contribution in [0.1, 0.15) is 5.56 Å². The number of hydrogen-bond donors (Lipinski definition) is 1. The van der Waals surface area contributed by atoms with E-state index in [-0.39, 0.29) is 13.2 Å². The molecule has 14 heavy (non-hydrogen) atoms. The minimum Gasteiger partial charge on any atom is -0.486 e.